The third-order valence-electron chi connectivity index (χ3n) is 3.34. The zero-order valence-corrected chi connectivity index (χ0v) is 12.3. The fourth-order valence-electron chi connectivity index (χ4n) is 2.12. The summed E-state index contributed by atoms with van der Waals surface area (Å²) in [6, 6.07) is 13.5. The molecule has 0 aliphatic carbocycles. The molecule has 0 spiro atoms. The van der Waals surface area contributed by atoms with Crippen LogP contribution in [0.1, 0.15) is 37.3 Å². The number of nitrogens with one attached hydrogen (secondary N) is 1. The standard InChI is InChI=1S/C17H19N3O/c1-3-16(14-8-5-4-6-9-14)17(21)20-19-13(2)15-10-7-11-18-12-15/h4-12,16H,3H2,1-2H3,(H,20,21)/b19-13+. The smallest absolute Gasteiger partial charge is 0.247 e. The van der Waals surface area contributed by atoms with E-state index in [2.05, 4.69) is 15.5 Å². The first-order chi connectivity index (χ1) is 10.2. The second-order valence-electron chi connectivity index (χ2n) is 4.79. The van der Waals surface area contributed by atoms with E-state index in [0.29, 0.717) is 0 Å². The first-order valence-electron chi connectivity index (χ1n) is 7.02. The maximum Gasteiger partial charge on any atom is 0.247 e. The number of hydrogen-bond acceptors (Lipinski definition) is 3. The molecule has 1 aromatic carbocycles. The Hall–Kier alpha value is -2.49. The second kappa shape index (κ2) is 7.33. The van der Waals surface area contributed by atoms with Crippen molar-refractivity contribution in [3.05, 3.63) is 66.0 Å². The molecule has 1 unspecified atom stereocenters. The number of carbonyl (C=O) groups is 1. The summed E-state index contributed by atoms with van der Waals surface area (Å²) in [7, 11) is 0. The summed E-state index contributed by atoms with van der Waals surface area (Å²) >= 11 is 0. The molecular formula is C17H19N3O. The second-order valence-corrected chi connectivity index (χ2v) is 4.79. The summed E-state index contributed by atoms with van der Waals surface area (Å²) in [4.78, 5) is 16.3. The predicted octanol–water partition coefficient (Wildman–Crippen LogP) is 3.12. The first kappa shape index (κ1) is 14.9. The molecule has 0 radical (unpaired) electrons. The van der Waals surface area contributed by atoms with E-state index in [1.807, 2.05) is 56.3 Å². The molecule has 0 aliphatic heterocycles. The summed E-state index contributed by atoms with van der Waals surface area (Å²) in [5.41, 5.74) is 5.29. The molecule has 108 valence electrons. The van der Waals surface area contributed by atoms with Crippen molar-refractivity contribution in [1.82, 2.24) is 10.4 Å². The molecular weight excluding hydrogens is 262 g/mol. The Balaban J connectivity index is 2.07. The van der Waals surface area contributed by atoms with E-state index in [0.717, 1.165) is 23.3 Å². The Kier molecular flexibility index (Phi) is 5.21. The Morgan fingerprint density at radius 1 is 1.24 bits per heavy atom. The van der Waals surface area contributed by atoms with Crippen LogP contribution in [0.4, 0.5) is 0 Å². The lowest BCUT2D eigenvalue weighted by atomic mass is 9.96. The molecule has 1 aromatic heterocycles. The van der Waals surface area contributed by atoms with Crippen LogP contribution in [0.15, 0.2) is 60.0 Å². The third-order valence-corrected chi connectivity index (χ3v) is 3.34. The van der Waals surface area contributed by atoms with Gasteiger partial charge in [-0.25, -0.2) is 5.43 Å². The first-order valence-corrected chi connectivity index (χ1v) is 7.02. The number of rotatable bonds is 5. The molecule has 1 N–H and O–H groups in total. The van der Waals surface area contributed by atoms with Gasteiger partial charge in [-0.05, 0) is 25.0 Å². The van der Waals surface area contributed by atoms with Gasteiger partial charge in [-0.2, -0.15) is 5.10 Å². The van der Waals surface area contributed by atoms with Gasteiger partial charge in [0.15, 0.2) is 0 Å². The van der Waals surface area contributed by atoms with Crippen LogP contribution < -0.4 is 5.43 Å². The monoisotopic (exact) mass is 281 g/mol. The molecule has 0 aliphatic rings. The number of hydrazone groups is 1. The summed E-state index contributed by atoms with van der Waals surface area (Å²) in [5, 5.41) is 4.17. The maximum absolute atomic E-state index is 12.3. The lowest BCUT2D eigenvalue weighted by Gasteiger charge is -2.13. The fourth-order valence-corrected chi connectivity index (χ4v) is 2.12. The van der Waals surface area contributed by atoms with E-state index in [9.17, 15) is 4.79 Å². The van der Waals surface area contributed by atoms with Gasteiger partial charge in [-0.15, -0.1) is 0 Å². The minimum Gasteiger partial charge on any atom is -0.272 e. The molecule has 2 rings (SSSR count). The lowest BCUT2D eigenvalue weighted by Crippen LogP contribution is -2.26. The molecule has 1 amide bonds. The molecule has 1 heterocycles. The summed E-state index contributed by atoms with van der Waals surface area (Å²) in [6.45, 7) is 3.84. The van der Waals surface area contributed by atoms with E-state index in [4.69, 9.17) is 0 Å². The predicted molar refractivity (Wildman–Crippen MR) is 84.1 cm³/mol. The highest BCUT2D eigenvalue weighted by Gasteiger charge is 2.17. The lowest BCUT2D eigenvalue weighted by molar-refractivity contribution is -0.122. The Morgan fingerprint density at radius 2 is 2.00 bits per heavy atom. The Bertz CT molecular complexity index is 608. The van der Waals surface area contributed by atoms with Gasteiger partial charge in [-0.3, -0.25) is 9.78 Å². The fraction of sp³-hybridized carbons (Fsp3) is 0.235. The number of pyridine rings is 1. The quantitative estimate of drug-likeness (QED) is 0.676. The number of nitrogens with zero attached hydrogens (tertiary/aromatic N) is 2. The molecule has 1 atom stereocenters. The number of aromatic nitrogens is 1. The average molecular weight is 281 g/mol. The van der Waals surface area contributed by atoms with Crippen molar-refractivity contribution in [2.24, 2.45) is 5.10 Å². The topological polar surface area (TPSA) is 54.4 Å². The van der Waals surface area contributed by atoms with Crippen LogP contribution in [-0.2, 0) is 4.79 Å². The highest BCUT2D eigenvalue weighted by atomic mass is 16.2. The van der Waals surface area contributed by atoms with Crippen LogP contribution in [0.2, 0.25) is 0 Å². The number of benzene rings is 1. The van der Waals surface area contributed by atoms with Gasteiger partial charge < -0.3 is 0 Å². The van der Waals surface area contributed by atoms with E-state index < -0.39 is 0 Å². The third kappa shape index (κ3) is 3.99. The normalized spacial score (nSPS) is 12.8. The number of hydrogen-bond donors (Lipinski definition) is 1. The SMILES string of the molecule is CCC(C(=O)N/N=C(\C)c1cccnc1)c1ccccc1. The number of carbonyl (C=O) groups excluding carboxylic acids is 1. The van der Waals surface area contributed by atoms with E-state index in [1.165, 1.54) is 0 Å². The number of amides is 1. The van der Waals surface area contributed by atoms with Crippen LogP contribution in [0.3, 0.4) is 0 Å². The van der Waals surface area contributed by atoms with Crippen molar-refractivity contribution in [2.45, 2.75) is 26.2 Å². The summed E-state index contributed by atoms with van der Waals surface area (Å²) in [6.07, 6.45) is 4.16. The molecule has 0 saturated heterocycles. The Labute approximate surface area is 124 Å². The molecule has 4 heteroatoms. The zero-order valence-electron chi connectivity index (χ0n) is 12.3. The van der Waals surface area contributed by atoms with Crippen molar-refractivity contribution in [1.29, 1.82) is 0 Å². The minimum absolute atomic E-state index is 0.0908. The molecule has 4 nitrogen and oxygen atoms in total. The van der Waals surface area contributed by atoms with Gasteiger partial charge >= 0.3 is 0 Å². The van der Waals surface area contributed by atoms with Gasteiger partial charge in [-0.1, -0.05) is 43.3 Å². The Morgan fingerprint density at radius 3 is 2.62 bits per heavy atom. The van der Waals surface area contributed by atoms with Crippen LogP contribution in [0, 0.1) is 0 Å². The summed E-state index contributed by atoms with van der Waals surface area (Å²) < 4.78 is 0. The van der Waals surface area contributed by atoms with Gasteiger partial charge in [0.1, 0.15) is 0 Å². The van der Waals surface area contributed by atoms with Crippen molar-refractivity contribution < 1.29 is 4.79 Å². The highest BCUT2D eigenvalue weighted by Crippen LogP contribution is 2.19. The van der Waals surface area contributed by atoms with E-state index in [1.54, 1.807) is 12.4 Å². The van der Waals surface area contributed by atoms with Gasteiger partial charge in [0.05, 0.1) is 11.6 Å². The molecule has 0 bridgehead atoms. The highest BCUT2D eigenvalue weighted by molar-refractivity contribution is 5.99. The maximum atomic E-state index is 12.3. The van der Waals surface area contributed by atoms with Crippen molar-refractivity contribution >= 4 is 11.6 Å². The minimum atomic E-state index is -0.184. The van der Waals surface area contributed by atoms with E-state index in [-0.39, 0.29) is 11.8 Å². The summed E-state index contributed by atoms with van der Waals surface area (Å²) in [5.74, 6) is -0.274. The van der Waals surface area contributed by atoms with Crippen molar-refractivity contribution in [3.63, 3.8) is 0 Å². The average Bonchev–Trinajstić information content (AvgIpc) is 2.55. The molecule has 0 saturated carbocycles. The van der Waals surface area contributed by atoms with Gasteiger partial charge in [0, 0.05) is 18.0 Å². The van der Waals surface area contributed by atoms with E-state index >= 15 is 0 Å². The van der Waals surface area contributed by atoms with Crippen LogP contribution in [-0.4, -0.2) is 16.6 Å². The largest absolute Gasteiger partial charge is 0.272 e. The van der Waals surface area contributed by atoms with Gasteiger partial charge in [0.2, 0.25) is 5.91 Å². The zero-order chi connectivity index (χ0) is 15.1. The van der Waals surface area contributed by atoms with Crippen LogP contribution >= 0.6 is 0 Å². The molecule has 0 fully saturated rings. The molecule has 2 aromatic rings. The van der Waals surface area contributed by atoms with Crippen molar-refractivity contribution in [2.75, 3.05) is 0 Å². The van der Waals surface area contributed by atoms with Gasteiger partial charge in [0.25, 0.3) is 0 Å². The van der Waals surface area contributed by atoms with Crippen LogP contribution in [0.5, 0.6) is 0 Å². The van der Waals surface area contributed by atoms with Crippen LogP contribution in [0.25, 0.3) is 0 Å². The molecule has 21 heavy (non-hydrogen) atoms. The van der Waals surface area contributed by atoms with Crippen molar-refractivity contribution in [3.8, 4) is 0 Å².